The summed E-state index contributed by atoms with van der Waals surface area (Å²) in [6.07, 6.45) is 0.848. The van der Waals surface area contributed by atoms with Crippen molar-refractivity contribution in [1.82, 2.24) is 5.32 Å². The predicted molar refractivity (Wildman–Crippen MR) is 73.1 cm³/mol. The molecule has 2 aromatic rings. The van der Waals surface area contributed by atoms with E-state index in [1.807, 2.05) is 19.2 Å². The zero-order chi connectivity index (χ0) is 13.0. The number of aryl methyl sites for hydroxylation is 1. The average Bonchev–Trinajstić information content (AvgIpc) is 2.37. The second kappa shape index (κ2) is 5.78. The van der Waals surface area contributed by atoms with Crippen molar-refractivity contribution in [3.8, 4) is 0 Å². The van der Waals surface area contributed by atoms with Crippen LogP contribution in [0.25, 0.3) is 0 Å². The van der Waals surface area contributed by atoms with Crippen LogP contribution < -0.4 is 5.32 Å². The summed E-state index contributed by atoms with van der Waals surface area (Å²) in [5, 5.41) is 3.13. The van der Waals surface area contributed by atoms with Gasteiger partial charge in [-0.25, -0.2) is 4.39 Å². The molecule has 0 radical (unpaired) electrons. The summed E-state index contributed by atoms with van der Waals surface area (Å²) in [4.78, 5) is 0. The molecule has 1 N–H and O–H groups in total. The fraction of sp³-hybridized carbons (Fsp3) is 0.250. The minimum absolute atomic E-state index is 0.136. The van der Waals surface area contributed by atoms with Gasteiger partial charge >= 0.3 is 0 Å². The van der Waals surface area contributed by atoms with Crippen molar-refractivity contribution in [2.75, 3.05) is 7.05 Å². The van der Waals surface area contributed by atoms with Gasteiger partial charge in [0.25, 0.3) is 0 Å². The zero-order valence-corrected chi connectivity index (χ0v) is 10.8. The normalized spacial score (nSPS) is 10.6. The molecule has 0 aliphatic heterocycles. The van der Waals surface area contributed by atoms with Crippen LogP contribution in [-0.2, 0) is 13.0 Å². The van der Waals surface area contributed by atoms with Crippen molar-refractivity contribution < 1.29 is 4.39 Å². The van der Waals surface area contributed by atoms with Crippen LogP contribution in [0.1, 0.15) is 22.3 Å². The van der Waals surface area contributed by atoms with E-state index >= 15 is 0 Å². The standard InChI is InChI=1S/C16H18FN/c1-12-9-15(7-8-16(12)17)10-13-3-5-14(6-4-13)11-18-2/h3-9,18H,10-11H2,1-2H3. The third kappa shape index (κ3) is 3.17. The molecule has 0 unspecified atom stereocenters. The van der Waals surface area contributed by atoms with E-state index in [0.29, 0.717) is 5.56 Å². The Bertz CT molecular complexity index is 517. The summed E-state index contributed by atoms with van der Waals surface area (Å²) < 4.78 is 13.2. The van der Waals surface area contributed by atoms with E-state index < -0.39 is 0 Å². The Morgan fingerprint density at radius 2 is 1.56 bits per heavy atom. The highest BCUT2D eigenvalue weighted by Gasteiger charge is 2.01. The lowest BCUT2D eigenvalue weighted by molar-refractivity contribution is 0.618. The maximum Gasteiger partial charge on any atom is 0.126 e. The lowest BCUT2D eigenvalue weighted by atomic mass is 10.0. The molecule has 2 rings (SSSR count). The van der Waals surface area contributed by atoms with E-state index in [4.69, 9.17) is 0 Å². The highest BCUT2D eigenvalue weighted by atomic mass is 19.1. The maximum absolute atomic E-state index is 13.2. The molecule has 94 valence electrons. The van der Waals surface area contributed by atoms with E-state index in [2.05, 4.69) is 29.6 Å². The second-order valence-corrected chi connectivity index (χ2v) is 4.61. The van der Waals surface area contributed by atoms with Crippen molar-refractivity contribution in [3.05, 3.63) is 70.5 Å². The lowest BCUT2D eigenvalue weighted by Crippen LogP contribution is -2.04. The van der Waals surface area contributed by atoms with Crippen LogP contribution in [0, 0.1) is 12.7 Å². The Balaban J connectivity index is 2.10. The fourth-order valence-corrected chi connectivity index (χ4v) is 2.03. The lowest BCUT2D eigenvalue weighted by Gasteiger charge is -2.06. The molecule has 0 aromatic heterocycles. The Hall–Kier alpha value is -1.67. The highest BCUT2D eigenvalue weighted by molar-refractivity contribution is 5.31. The van der Waals surface area contributed by atoms with Crippen LogP contribution in [0.3, 0.4) is 0 Å². The SMILES string of the molecule is CNCc1ccc(Cc2ccc(F)c(C)c2)cc1. The van der Waals surface area contributed by atoms with E-state index in [1.54, 1.807) is 13.0 Å². The molecular weight excluding hydrogens is 225 g/mol. The van der Waals surface area contributed by atoms with Gasteiger partial charge in [-0.2, -0.15) is 0 Å². The fourth-order valence-electron chi connectivity index (χ4n) is 2.03. The topological polar surface area (TPSA) is 12.0 Å². The van der Waals surface area contributed by atoms with Gasteiger partial charge < -0.3 is 5.32 Å². The summed E-state index contributed by atoms with van der Waals surface area (Å²) in [6.45, 7) is 2.69. The van der Waals surface area contributed by atoms with E-state index in [-0.39, 0.29) is 5.82 Å². The van der Waals surface area contributed by atoms with Crippen molar-refractivity contribution >= 4 is 0 Å². The smallest absolute Gasteiger partial charge is 0.126 e. The summed E-state index contributed by atoms with van der Waals surface area (Å²) in [5.74, 6) is -0.136. The molecule has 0 aliphatic rings. The first-order valence-corrected chi connectivity index (χ1v) is 6.16. The number of halogens is 1. The van der Waals surface area contributed by atoms with E-state index in [1.165, 1.54) is 11.1 Å². The maximum atomic E-state index is 13.2. The van der Waals surface area contributed by atoms with Gasteiger partial charge in [0, 0.05) is 6.54 Å². The van der Waals surface area contributed by atoms with Crippen LogP contribution in [0.2, 0.25) is 0 Å². The summed E-state index contributed by atoms with van der Waals surface area (Å²) in [5.41, 5.74) is 4.38. The summed E-state index contributed by atoms with van der Waals surface area (Å²) >= 11 is 0. The first-order valence-electron chi connectivity index (χ1n) is 6.16. The molecule has 18 heavy (non-hydrogen) atoms. The Kier molecular flexibility index (Phi) is 4.11. The van der Waals surface area contributed by atoms with Gasteiger partial charge in [0.05, 0.1) is 0 Å². The highest BCUT2D eigenvalue weighted by Crippen LogP contribution is 2.14. The van der Waals surface area contributed by atoms with Crippen molar-refractivity contribution in [2.24, 2.45) is 0 Å². The number of hydrogen-bond acceptors (Lipinski definition) is 1. The Morgan fingerprint density at radius 3 is 2.17 bits per heavy atom. The number of rotatable bonds is 4. The van der Waals surface area contributed by atoms with E-state index in [0.717, 1.165) is 18.5 Å². The average molecular weight is 243 g/mol. The second-order valence-electron chi connectivity index (χ2n) is 4.61. The molecule has 2 heteroatoms. The minimum Gasteiger partial charge on any atom is -0.316 e. The van der Waals surface area contributed by atoms with Crippen LogP contribution in [-0.4, -0.2) is 7.05 Å². The zero-order valence-electron chi connectivity index (χ0n) is 10.8. The van der Waals surface area contributed by atoms with Crippen molar-refractivity contribution in [3.63, 3.8) is 0 Å². The minimum atomic E-state index is -0.136. The van der Waals surface area contributed by atoms with Gasteiger partial charge in [-0.05, 0) is 48.7 Å². The number of hydrogen-bond donors (Lipinski definition) is 1. The molecule has 0 aliphatic carbocycles. The Labute approximate surface area is 108 Å². The predicted octanol–water partition coefficient (Wildman–Crippen LogP) is 3.44. The van der Waals surface area contributed by atoms with Crippen LogP contribution in [0.15, 0.2) is 42.5 Å². The molecule has 0 saturated carbocycles. The molecule has 0 saturated heterocycles. The third-order valence-corrected chi connectivity index (χ3v) is 3.03. The molecule has 0 amide bonds. The largest absolute Gasteiger partial charge is 0.316 e. The van der Waals surface area contributed by atoms with Gasteiger partial charge in [-0.3, -0.25) is 0 Å². The Morgan fingerprint density at radius 1 is 0.944 bits per heavy atom. The number of benzene rings is 2. The molecular formula is C16H18FN. The first-order chi connectivity index (χ1) is 8.69. The third-order valence-electron chi connectivity index (χ3n) is 3.03. The molecule has 0 bridgehead atoms. The summed E-state index contributed by atoms with van der Waals surface area (Å²) in [7, 11) is 1.94. The van der Waals surface area contributed by atoms with Crippen molar-refractivity contribution in [2.45, 2.75) is 19.9 Å². The molecule has 0 atom stereocenters. The van der Waals surface area contributed by atoms with Gasteiger partial charge in [-0.15, -0.1) is 0 Å². The van der Waals surface area contributed by atoms with Gasteiger partial charge in [0.1, 0.15) is 5.82 Å². The molecule has 1 nitrogen and oxygen atoms in total. The van der Waals surface area contributed by atoms with Crippen LogP contribution >= 0.6 is 0 Å². The molecule has 0 heterocycles. The van der Waals surface area contributed by atoms with Gasteiger partial charge in [0.15, 0.2) is 0 Å². The van der Waals surface area contributed by atoms with Crippen LogP contribution in [0.4, 0.5) is 4.39 Å². The monoisotopic (exact) mass is 243 g/mol. The molecule has 0 spiro atoms. The van der Waals surface area contributed by atoms with Gasteiger partial charge in [0.2, 0.25) is 0 Å². The van der Waals surface area contributed by atoms with E-state index in [9.17, 15) is 4.39 Å². The summed E-state index contributed by atoms with van der Waals surface area (Å²) in [6, 6.07) is 13.8. The quantitative estimate of drug-likeness (QED) is 0.867. The van der Waals surface area contributed by atoms with Crippen molar-refractivity contribution in [1.29, 1.82) is 0 Å². The van der Waals surface area contributed by atoms with Gasteiger partial charge in [-0.1, -0.05) is 36.4 Å². The molecule has 2 aromatic carbocycles. The van der Waals surface area contributed by atoms with Crippen LogP contribution in [0.5, 0.6) is 0 Å². The number of nitrogens with one attached hydrogen (secondary N) is 1. The first kappa shape index (κ1) is 12.8. The molecule has 0 fully saturated rings.